The average Bonchev–Trinajstić information content (AvgIpc) is 2.40. The second-order valence-electron chi connectivity index (χ2n) is 3.91. The Hall–Kier alpha value is -2.58. The molecular weight excluding hydrogens is 224 g/mol. The van der Waals surface area contributed by atoms with Crippen LogP contribution in [0, 0.1) is 0 Å². The summed E-state index contributed by atoms with van der Waals surface area (Å²) in [5.41, 5.74) is 11.1. The largest absolute Gasteiger partial charge is 0.208 e. The lowest BCUT2D eigenvalue weighted by Crippen LogP contribution is -2.25. The maximum absolute atomic E-state index is 8.31. The van der Waals surface area contributed by atoms with Crippen LogP contribution in [0.4, 0.5) is 5.69 Å². The van der Waals surface area contributed by atoms with Crippen LogP contribution in [-0.4, -0.2) is 0 Å². The maximum atomic E-state index is 8.31. The first kappa shape index (κ1) is 11.9. The highest BCUT2D eigenvalue weighted by atomic mass is 15.1. The fraction of sp³-hybridized carbons (Fsp3) is 0.0714. The number of azide groups is 1. The van der Waals surface area contributed by atoms with E-state index in [2.05, 4.69) is 10.0 Å². The third-order valence-corrected chi connectivity index (χ3v) is 2.53. The first-order valence-corrected chi connectivity index (χ1v) is 5.56. The van der Waals surface area contributed by atoms with Gasteiger partial charge in [0.05, 0.1) is 0 Å². The van der Waals surface area contributed by atoms with Crippen molar-refractivity contribution in [3.8, 4) is 0 Å². The Morgan fingerprint density at radius 3 is 2.11 bits per heavy atom. The number of aryl methyl sites for hydroxylation is 1. The summed E-state index contributed by atoms with van der Waals surface area (Å²) in [6, 6.07) is 11.5. The molecule has 0 bridgehead atoms. The molecule has 1 heterocycles. The zero-order chi connectivity index (χ0) is 12.8. The molecule has 2 rings (SSSR count). The minimum Gasteiger partial charge on any atom is -0.208 e. The van der Waals surface area contributed by atoms with Crippen LogP contribution in [-0.2, 0) is 7.05 Å². The lowest BCUT2D eigenvalue weighted by Gasteiger charge is -1.95. The van der Waals surface area contributed by atoms with Crippen LogP contribution in [0.2, 0.25) is 0 Å². The molecule has 2 aromatic rings. The van der Waals surface area contributed by atoms with Crippen LogP contribution in [0.25, 0.3) is 22.6 Å². The molecule has 88 valence electrons. The molecular formula is C14H13N4+. The topological polar surface area (TPSA) is 52.6 Å². The summed E-state index contributed by atoms with van der Waals surface area (Å²) < 4.78 is 1.99. The highest BCUT2D eigenvalue weighted by molar-refractivity contribution is 5.69. The zero-order valence-corrected chi connectivity index (χ0v) is 10.1. The van der Waals surface area contributed by atoms with Crippen molar-refractivity contribution in [2.75, 3.05) is 0 Å². The molecule has 0 aliphatic heterocycles. The predicted octanol–water partition coefficient (Wildman–Crippen LogP) is 3.62. The lowest BCUT2D eigenvalue weighted by atomic mass is 10.1. The highest BCUT2D eigenvalue weighted by Gasteiger charge is 1.92. The summed E-state index contributed by atoms with van der Waals surface area (Å²) in [7, 11) is 1.99. The van der Waals surface area contributed by atoms with Crippen molar-refractivity contribution in [2.45, 2.75) is 0 Å². The van der Waals surface area contributed by atoms with E-state index in [4.69, 9.17) is 5.53 Å². The zero-order valence-electron chi connectivity index (χ0n) is 10.1. The van der Waals surface area contributed by atoms with Crippen LogP contribution in [0.1, 0.15) is 11.1 Å². The van der Waals surface area contributed by atoms with E-state index in [1.54, 1.807) is 12.1 Å². The molecule has 4 heteroatoms. The summed E-state index contributed by atoms with van der Waals surface area (Å²) >= 11 is 0. The van der Waals surface area contributed by atoms with Gasteiger partial charge in [-0.1, -0.05) is 41.5 Å². The molecule has 0 aliphatic rings. The van der Waals surface area contributed by atoms with Crippen LogP contribution < -0.4 is 4.57 Å². The Labute approximate surface area is 105 Å². The van der Waals surface area contributed by atoms with Crippen molar-refractivity contribution in [1.29, 1.82) is 0 Å². The van der Waals surface area contributed by atoms with Crippen LogP contribution >= 0.6 is 0 Å². The first-order chi connectivity index (χ1) is 8.78. The van der Waals surface area contributed by atoms with Gasteiger partial charge in [-0.2, -0.15) is 0 Å². The van der Waals surface area contributed by atoms with Gasteiger partial charge in [0, 0.05) is 22.7 Å². The van der Waals surface area contributed by atoms with Gasteiger partial charge >= 0.3 is 0 Å². The van der Waals surface area contributed by atoms with Crippen molar-refractivity contribution in [3.05, 3.63) is 70.4 Å². The van der Waals surface area contributed by atoms with Gasteiger partial charge in [-0.3, -0.25) is 0 Å². The second-order valence-corrected chi connectivity index (χ2v) is 3.91. The number of pyridine rings is 1. The summed E-state index contributed by atoms with van der Waals surface area (Å²) in [5.74, 6) is 0. The third-order valence-electron chi connectivity index (χ3n) is 2.53. The van der Waals surface area contributed by atoms with Gasteiger partial charge in [0.25, 0.3) is 0 Å². The lowest BCUT2D eigenvalue weighted by molar-refractivity contribution is -0.671. The Bertz CT molecular complexity index is 591. The Kier molecular flexibility index (Phi) is 3.74. The summed E-state index contributed by atoms with van der Waals surface area (Å²) in [4.78, 5) is 2.74. The number of rotatable bonds is 3. The van der Waals surface area contributed by atoms with Crippen molar-refractivity contribution in [1.82, 2.24) is 0 Å². The SMILES string of the molecule is C[n+]1ccc(/C=C/c2ccc(N=[N+]=[N-])cc2)cc1. The predicted molar refractivity (Wildman–Crippen MR) is 71.8 cm³/mol. The molecule has 1 aromatic heterocycles. The van der Waals surface area contributed by atoms with Gasteiger partial charge in [-0.25, -0.2) is 4.57 Å². The van der Waals surface area contributed by atoms with E-state index in [0.29, 0.717) is 5.69 Å². The first-order valence-electron chi connectivity index (χ1n) is 5.56. The van der Waals surface area contributed by atoms with Crippen molar-refractivity contribution in [3.63, 3.8) is 0 Å². The van der Waals surface area contributed by atoms with Gasteiger partial charge in [-0.05, 0) is 16.7 Å². The smallest absolute Gasteiger partial charge is 0.169 e. The molecule has 0 radical (unpaired) electrons. The molecule has 4 nitrogen and oxygen atoms in total. The summed E-state index contributed by atoms with van der Waals surface area (Å²) in [5, 5.41) is 3.53. The van der Waals surface area contributed by atoms with Gasteiger partial charge in [0.1, 0.15) is 7.05 Å². The Morgan fingerprint density at radius 1 is 1.00 bits per heavy atom. The highest BCUT2D eigenvalue weighted by Crippen LogP contribution is 2.14. The van der Waals surface area contributed by atoms with Gasteiger partial charge in [0.2, 0.25) is 0 Å². The normalized spacial score (nSPS) is 10.3. The van der Waals surface area contributed by atoms with Crippen LogP contribution in [0.5, 0.6) is 0 Å². The van der Waals surface area contributed by atoms with Crippen molar-refractivity contribution in [2.24, 2.45) is 12.2 Å². The number of benzene rings is 1. The van der Waals surface area contributed by atoms with E-state index >= 15 is 0 Å². The molecule has 0 saturated carbocycles. The Balaban J connectivity index is 2.13. The minimum absolute atomic E-state index is 0.626. The molecule has 0 fully saturated rings. The molecule has 0 atom stereocenters. The summed E-state index contributed by atoms with van der Waals surface area (Å²) in [6.45, 7) is 0. The summed E-state index contributed by atoms with van der Waals surface area (Å²) in [6.07, 6.45) is 8.08. The molecule has 0 spiro atoms. The molecule has 0 amide bonds. The average molecular weight is 237 g/mol. The maximum Gasteiger partial charge on any atom is 0.169 e. The van der Waals surface area contributed by atoms with Crippen LogP contribution in [0.15, 0.2) is 53.9 Å². The number of nitrogens with zero attached hydrogens (tertiary/aromatic N) is 4. The van der Waals surface area contributed by atoms with E-state index in [1.165, 1.54) is 0 Å². The van der Waals surface area contributed by atoms with Gasteiger partial charge in [-0.15, -0.1) is 0 Å². The number of hydrogen-bond acceptors (Lipinski definition) is 1. The second kappa shape index (κ2) is 5.66. The van der Waals surface area contributed by atoms with E-state index in [-0.39, 0.29) is 0 Å². The molecule has 0 saturated heterocycles. The Morgan fingerprint density at radius 2 is 1.56 bits per heavy atom. The standard InChI is InChI=1S/C14H13N4/c1-18-10-8-13(9-11-18)3-2-12-4-6-14(7-5-12)16-17-15/h2-11H,1H3/q+1/b3-2+. The van der Waals surface area contributed by atoms with E-state index in [0.717, 1.165) is 11.1 Å². The van der Waals surface area contributed by atoms with Crippen molar-refractivity contribution >= 4 is 17.8 Å². The number of hydrogen-bond donors (Lipinski definition) is 0. The fourth-order valence-electron chi connectivity index (χ4n) is 1.52. The third kappa shape index (κ3) is 3.20. The molecule has 0 unspecified atom stereocenters. The molecule has 0 aliphatic carbocycles. The quantitative estimate of drug-likeness (QED) is 0.339. The molecule has 1 aromatic carbocycles. The van der Waals surface area contributed by atoms with Crippen LogP contribution in [0.3, 0.4) is 0 Å². The van der Waals surface area contributed by atoms with E-state index in [1.807, 2.05) is 60.4 Å². The fourth-order valence-corrected chi connectivity index (χ4v) is 1.52. The monoisotopic (exact) mass is 237 g/mol. The molecule has 18 heavy (non-hydrogen) atoms. The van der Waals surface area contributed by atoms with Gasteiger partial charge in [0.15, 0.2) is 12.4 Å². The number of aromatic nitrogens is 1. The molecule has 0 N–H and O–H groups in total. The van der Waals surface area contributed by atoms with E-state index in [9.17, 15) is 0 Å². The van der Waals surface area contributed by atoms with Crippen molar-refractivity contribution < 1.29 is 4.57 Å². The van der Waals surface area contributed by atoms with Gasteiger partial charge < -0.3 is 0 Å². The van der Waals surface area contributed by atoms with E-state index < -0.39 is 0 Å². The minimum atomic E-state index is 0.626.